The summed E-state index contributed by atoms with van der Waals surface area (Å²) in [5, 5.41) is 8.03. The van der Waals surface area contributed by atoms with Crippen LogP contribution in [0.1, 0.15) is 31.0 Å². The summed E-state index contributed by atoms with van der Waals surface area (Å²) in [5.74, 6) is 0. The molecule has 1 aromatic heterocycles. The first-order valence-corrected chi connectivity index (χ1v) is 7.80. The molecule has 1 saturated heterocycles. The Morgan fingerprint density at radius 3 is 2.81 bits per heavy atom. The highest BCUT2D eigenvalue weighted by atomic mass is 15.3. The Kier molecular flexibility index (Phi) is 4.36. The molecule has 1 aromatic carbocycles. The number of benzene rings is 1. The Morgan fingerprint density at radius 2 is 2.10 bits per heavy atom. The molecule has 2 atom stereocenters. The predicted molar refractivity (Wildman–Crippen MR) is 85.0 cm³/mol. The molecule has 1 fully saturated rings. The highest BCUT2D eigenvalue weighted by Crippen LogP contribution is 2.21. The maximum Gasteiger partial charge on any atom is 0.0534 e. The fraction of sp³-hybridized carbons (Fsp3) is 0.471. The van der Waals surface area contributed by atoms with E-state index in [1.54, 1.807) is 0 Å². The van der Waals surface area contributed by atoms with Crippen molar-refractivity contribution in [3.63, 3.8) is 0 Å². The SMILES string of the molecule is CCn1cc(CN2CC(c3ccccc3)NCC2C)cn1. The van der Waals surface area contributed by atoms with Gasteiger partial charge in [-0.2, -0.15) is 5.10 Å². The second-order valence-corrected chi connectivity index (χ2v) is 5.85. The number of hydrogen-bond donors (Lipinski definition) is 1. The number of piperazine rings is 1. The van der Waals surface area contributed by atoms with Gasteiger partial charge in [0.2, 0.25) is 0 Å². The summed E-state index contributed by atoms with van der Waals surface area (Å²) in [7, 11) is 0. The molecule has 1 aliphatic heterocycles. The number of nitrogens with one attached hydrogen (secondary N) is 1. The van der Waals surface area contributed by atoms with Crippen molar-refractivity contribution >= 4 is 0 Å². The molecular weight excluding hydrogens is 260 g/mol. The van der Waals surface area contributed by atoms with Crippen molar-refractivity contribution in [2.45, 2.75) is 39.0 Å². The normalized spacial score (nSPS) is 23.3. The lowest BCUT2D eigenvalue weighted by molar-refractivity contribution is 0.133. The molecule has 4 nitrogen and oxygen atoms in total. The van der Waals surface area contributed by atoms with E-state index in [2.05, 4.69) is 65.7 Å². The number of aromatic nitrogens is 2. The van der Waals surface area contributed by atoms with E-state index < -0.39 is 0 Å². The van der Waals surface area contributed by atoms with Gasteiger partial charge < -0.3 is 5.32 Å². The molecule has 0 amide bonds. The first-order chi connectivity index (χ1) is 10.3. The Morgan fingerprint density at radius 1 is 1.29 bits per heavy atom. The zero-order valence-corrected chi connectivity index (χ0v) is 12.9. The summed E-state index contributed by atoms with van der Waals surface area (Å²) < 4.78 is 2.00. The highest BCUT2D eigenvalue weighted by molar-refractivity contribution is 5.20. The fourth-order valence-electron chi connectivity index (χ4n) is 2.95. The van der Waals surface area contributed by atoms with Gasteiger partial charge in [-0.15, -0.1) is 0 Å². The van der Waals surface area contributed by atoms with E-state index in [1.165, 1.54) is 11.1 Å². The molecule has 0 bridgehead atoms. The average molecular weight is 284 g/mol. The highest BCUT2D eigenvalue weighted by Gasteiger charge is 2.25. The van der Waals surface area contributed by atoms with Gasteiger partial charge in [0.25, 0.3) is 0 Å². The van der Waals surface area contributed by atoms with Gasteiger partial charge in [0, 0.05) is 50.0 Å². The smallest absolute Gasteiger partial charge is 0.0534 e. The summed E-state index contributed by atoms with van der Waals surface area (Å²) in [6.07, 6.45) is 4.15. The molecule has 1 N–H and O–H groups in total. The van der Waals surface area contributed by atoms with Crippen LogP contribution in [0, 0.1) is 0 Å². The maximum atomic E-state index is 4.38. The van der Waals surface area contributed by atoms with Crippen LogP contribution in [-0.4, -0.2) is 33.8 Å². The summed E-state index contributed by atoms with van der Waals surface area (Å²) in [6, 6.07) is 11.7. The first kappa shape index (κ1) is 14.3. The monoisotopic (exact) mass is 284 g/mol. The lowest BCUT2D eigenvalue weighted by atomic mass is 10.0. The molecule has 2 aromatic rings. The van der Waals surface area contributed by atoms with Crippen molar-refractivity contribution in [1.29, 1.82) is 0 Å². The van der Waals surface area contributed by atoms with Gasteiger partial charge in [0.15, 0.2) is 0 Å². The van der Waals surface area contributed by atoms with Crippen molar-refractivity contribution < 1.29 is 0 Å². The number of hydrogen-bond acceptors (Lipinski definition) is 3. The average Bonchev–Trinajstić information content (AvgIpc) is 2.98. The van der Waals surface area contributed by atoms with Crippen molar-refractivity contribution in [2.24, 2.45) is 0 Å². The van der Waals surface area contributed by atoms with Crippen LogP contribution in [0.15, 0.2) is 42.7 Å². The van der Waals surface area contributed by atoms with Crippen LogP contribution < -0.4 is 5.32 Å². The second kappa shape index (κ2) is 6.41. The van der Waals surface area contributed by atoms with E-state index in [4.69, 9.17) is 0 Å². The van der Waals surface area contributed by atoms with Crippen LogP contribution in [0.4, 0.5) is 0 Å². The summed E-state index contributed by atoms with van der Waals surface area (Å²) in [4.78, 5) is 2.55. The predicted octanol–water partition coefficient (Wildman–Crippen LogP) is 2.44. The molecule has 4 heteroatoms. The largest absolute Gasteiger partial charge is 0.307 e. The zero-order valence-electron chi connectivity index (χ0n) is 12.9. The number of rotatable bonds is 4. The van der Waals surface area contributed by atoms with Crippen LogP contribution in [0.5, 0.6) is 0 Å². The number of aryl methyl sites for hydroxylation is 1. The molecule has 0 saturated carbocycles. The first-order valence-electron chi connectivity index (χ1n) is 7.80. The summed E-state index contributed by atoms with van der Waals surface area (Å²) in [5.41, 5.74) is 2.68. The minimum absolute atomic E-state index is 0.420. The zero-order chi connectivity index (χ0) is 14.7. The van der Waals surface area contributed by atoms with E-state index in [1.807, 2.05) is 10.9 Å². The van der Waals surface area contributed by atoms with Gasteiger partial charge in [-0.25, -0.2) is 0 Å². The van der Waals surface area contributed by atoms with Gasteiger partial charge in [-0.05, 0) is 19.4 Å². The van der Waals surface area contributed by atoms with Crippen LogP contribution in [0.2, 0.25) is 0 Å². The lowest BCUT2D eigenvalue weighted by Crippen LogP contribution is -2.50. The molecule has 2 unspecified atom stereocenters. The third kappa shape index (κ3) is 3.34. The van der Waals surface area contributed by atoms with Crippen LogP contribution in [-0.2, 0) is 13.1 Å². The fourth-order valence-corrected chi connectivity index (χ4v) is 2.95. The van der Waals surface area contributed by atoms with Gasteiger partial charge >= 0.3 is 0 Å². The Balaban J connectivity index is 1.69. The second-order valence-electron chi connectivity index (χ2n) is 5.85. The van der Waals surface area contributed by atoms with Crippen molar-refractivity contribution in [3.05, 3.63) is 53.9 Å². The van der Waals surface area contributed by atoms with Gasteiger partial charge in [0.05, 0.1) is 6.20 Å². The van der Waals surface area contributed by atoms with Crippen LogP contribution >= 0.6 is 0 Å². The van der Waals surface area contributed by atoms with Gasteiger partial charge in [-0.3, -0.25) is 9.58 Å². The topological polar surface area (TPSA) is 33.1 Å². The third-order valence-corrected chi connectivity index (χ3v) is 4.30. The Bertz CT molecular complexity index is 563. The molecule has 3 rings (SSSR count). The standard InChI is InChI=1S/C17H24N4/c1-3-21-12-15(10-19-21)11-20-13-17(18-9-14(20)2)16-7-5-4-6-8-16/h4-8,10,12,14,17-18H,3,9,11,13H2,1-2H3. The Hall–Kier alpha value is -1.65. The molecule has 1 aliphatic rings. The molecule has 21 heavy (non-hydrogen) atoms. The van der Waals surface area contributed by atoms with E-state index >= 15 is 0 Å². The van der Waals surface area contributed by atoms with E-state index in [0.717, 1.165) is 26.2 Å². The molecular formula is C17H24N4. The van der Waals surface area contributed by atoms with Crippen molar-refractivity contribution in [3.8, 4) is 0 Å². The molecule has 2 heterocycles. The number of nitrogens with zero attached hydrogens (tertiary/aromatic N) is 3. The Labute approximate surface area is 126 Å². The minimum atomic E-state index is 0.420. The molecule has 112 valence electrons. The molecule has 0 spiro atoms. The minimum Gasteiger partial charge on any atom is -0.307 e. The van der Waals surface area contributed by atoms with E-state index in [0.29, 0.717) is 12.1 Å². The van der Waals surface area contributed by atoms with Crippen LogP contribution in [0.3, 0.4) is 0 Å². The van der Waals surface area contributed by atoms with Crippen LogP contribution in [0.25, 0.3) is 0 Å². The third-order valence-electron chi connectivity index (χ3n) is 4.30. The van der Waals surface area contributed by atoms with E-state index in [9.17, 15) is 0 Å². The quantitative estimate of drug-likeness (QED) is 0.936. The molecule has 0 radical (unpaired) electrons. The molecule has 0 aliphatic carbocycles. The van der Waals surface area contributed by atoms with Gasteiger partial charge in [-0.1, -0.05) is 30.3 Å². The summed E-state index contributed by atoms with van der Waals surface area (Å²) >= 11 is 0. The van der Waals surface area contributed by atoms with Gasteiger partial charge in [0.1, 0.15) is 0 Å². The van der Waals surface area contributed by atoms with E-state index in [-0.39, 0.29) is 0 Å². The van der Waals surface area contributed by atoms with Crippen molar-refractivity contribution in [2.75, 3.05) is 13.1 Å². The summed E-state index contributed by atoms with van der Waals surface area (Å²) in [6.45, 7) is 8.40. The maximum absolute atomic E-state index is 4.38. The lowest BCUT2D eigenvalue weighted by Gasteiger charge is -2.38. The van der Waals surface area contributed by atoms with Crippen molar-refractivity contribution in [1.82, 2.24) is 20.0 Å².